The molecule has 1 heterocycles. The SMILES string of the molecule is [B].[CH2-]C.[CH2-][N+](C)(C)C1C2CCC1C(OC(=O)C1(O)c3ccccc3Oc3ccccc31)C2.[Y]. The standard InChI is InChI=1S/C24H27NO4.C2H5.B.Y/c1-25(2,3)22-15-12-13-16(22)21(14-15)29-23(26)24(27)17-8-4-6-10-19(17)28-20-11-7-5-9-18(20)24;1-2;;/h4-11,15-16,21-22,27H,1,12-14H2,2-3H3;1H2,2H3;;/q;-1;;. The number of ether oxygens (including phenoxy) is 2. The fourth-order valence-electron chi connectivity index (χ4n) is 5.87. The van der Waals surface area contributed by atoms with E-state index in [1.807, 2.05) is 12.1 Å². The summed E-state index contributed by atoms with van der Waals surface area (Å²) in [4.78, 5) is 13.5. The molecule has 1 N–H and O–H groups in total. The van der Waals surface area contributed by atoms with E-state index in [4.69, 9.17) is 9.47 Å². The van der Waals surface area contributed by atoms with Crippen molar-refractivity contribution in [3.05, 3.63) is 73.6 Å². The van der Waals surface area contributed by atoms with Crippen LogP contribution in [0.3, 0.4) is 0 Å². The van der Waals surface area contributed by atoms with Gasteiger partial charge < -0.3 is 26.0 Å². The van der Waals surface area contributed by atoms with E-state index in [1.54, 1.807) is 43.3 Å². The van der Waals surface area contributed by atoms with Crippen LogP contribution in [0, 0.1) is 25.8 Å². The summed E-state index contributed by atoms with van der Waals surface area (Å²) in [5.41, 5.74) is -1.02. The van der Waals surface area contributed by atoms with E-state index in [0.717, 1.165) is 19.3 Å². The van der Waals surface area contributed by atoms with Crippen LogP contribution in [0.1, 0.15) is 37.3 Å². The summed E-state index contributed by atoms with van der Waals surface area (Å²) in [6.07, 6.45) is 2.86. The molecule has 0 amide bonds. The maximum atomic E-state index is 13.5. The molecule has 2 aromatic rings. The van der Waals surface area contributed by atoms with Crippen molar-refractivity contribution < 1.29 is 56.6 Å². The molecule has 4 atom stereocenters. The van der Waals surface area contributed by atoms with Gasteiger partial charge in [-0.25, -0.2) is 4.79 Å². The van der Waals surface area contributed by atoms with Gasteiger partial charge in [-0.3, -0.25) is 0 Å². The van der Waals surface area contributed by atoms with Crippen LogP contribution in [0.4, 0.5) is 0 Å². The fourth-order valence-corrected chi connectivity index (χ4v) is 5.87. The molecule has 7 heteroatoms. The van der Waals surface area contributed by atoms with Gasteiger partial charge in [0, 0.05) is 78.2 Å². The minimum atomic E-state index is -1.88. The predicted molar refractivity (Wildman–Crippen MR) is 125 cm³/mol. The van der Waals surface area contributed by atoms with Crippen LogP contribution in [0.5, 0.6) is 11.5 Å². The zero-order chi connectivity index (χ0) is 22.4. The minimum absolute atomic E-state index is 0. The van der Waals surface area contributed by atoms with Gasteiger partial charge in [0.1, 0.15) is 17.6 Å². The Hall–Kier alpha value is -1.20. The van der Waals surface area contributed by atoms with E-state index < -0.39 is 11.6 Å². The molecule has 5 nitrogen and oxygen atoms in total. The van der Waals surface area contributed by atoms with Crippen LogP contribution in [0.2, 0.25) is 0 Å². The molecular formula is C26H32BNO4Y-. The van der Waals surface area contributed by atoms with Crippen molar-refractivity contribution >= 4 is 14.4 Å². The predicted octanol–water partition coefficient (Wildman–Crippen LogP) is 4.06. The van der Waals surface area contributed by atoms with E-state index in [0.29, 0.717) is 39.1 Å². The molecule has 3 aliphatic rings. The molecule has 172 valence electrons. The largest absolute Gasteiger partial charge is 0.459 e. The summed E-state index contributed by atoms with van der Waals surface area (Å²) in [5.74, 6) is 1.13. The summed E-state index contributed by atoms with van der Waals surface area (Å²) in [5, 5.41) is 11.7. The van der Waals surface area contributed by atoms with Gasteiger partial charge in [-0.1, -0.05) is 36.4 Å². The quantitative estimate of drug-likeness (QED) is 0.286. The number of aliphatic hydroxyl groups is 1. The van der Waals surface area contributed by atoms with E-state index in [1.165, 1.54) is 0 Å². The third-order valence-electron chi connectivity index (χ3n) is 6.94. The summed E-state index contributed by atoms with van der Waals surface area (Å²) < 4.78 is 12.6. The molecule has 2 saturated carbocycles. The maximum Gasteiger partial charge on any atom is 0.348 e. The van der Waals surface area contributed by atoms with E-state index >= 15 is 0 Å². The van der Waals surface area contributed by atoms with E-state index in [-0.39, 0.29) is 53.1 Å². The average molecular weight is 522 g/mol. The van der Waals surface area contributed by atoms with Crippen LogP contribution in [-0.2, 0) is 47.8 Å². The first-order valence-electron chi connectivity index (χ1n) is 11.0. The molecule has 0 aromatic heterocycles. The molecule has 2 fully saturated rings. The Balaban J connectivity index is 0.000000939. The number of nitrogens with zero attached hydrogens (tertiary/aromatic N) is 1. The summed E-state index contributed by atoms with van der Waals surface area (Å²) >= 11 is 0. The summed E-state index contributed by atoms with van der Waals surface area (Å²) in [6.45, 7) is 5.00. The van der Waals surface area contributed by atoms with Crippen LogP contribution in [0.15, 0.2) is 48.5 Å². The number of hydrogen-bond donors (Lipinski definition) is 1. The monoisotopic (exact) mass is 522 g/mol. The third kappa shape index (κ3) is 4.69. The topological polar surface area (TPSA) is 55.8 Å². The Morgan fingerprint density at radius 3 is 2.06 bits per heavy atom. The number of benzene rings is 2. The third-order valence-corrected chi connectivity index (χ3v) is 6.94. The van der Waals surface area contributed by atoms with Crippen LogP contribution >= 0.6 is 0 Å². The van der Waals surface area contributed by atoms with Crippen LogP contribution < -0.4 is 4.74 Å². The van der Waals surface area contributed by atoms with Crippen molar-refractivity contribution in [2.24, 2.45) is 11.8 Å². The van der Waals surface area contributed by atoms with Crippen molar-refractivity contribution in [3.8, 4) is 11.5 Å². The molecule has 0 spiro atoms. The molecule has 2 aromatic carbocycles. The molecule has 4 unspecified atom stereocenters. The zero-order valence-electron chi connectivity index (χ0n) is 19.7. The summed E-state index contributed by atoms with van der Waals surface area (Å²) in [7, 11) is 8.52. The van der Waals surface area contributed by atoms with Crippen molar-refractivity contribution in [2.45, 2.75) is 43.9 Å². The Labute approximate surface area is 224 Å². The molecule has 33 heavy (non-hydrogen) atoms. The first-order chi connectivity index (χ1) is 14.8. The minimum Gasteiger partial charge on any atom is -0.459 e. The first kappa shape index (κ1) is 28.0. The van der Waals surface area contributed by atoms with E-state index in [9.17, 15) is 9.90 Å². The van der Waals surface area contributed by atoms with Gasteiger partial charge in [0.2, 0.25) is 5.60 Å². The van der Waals surface area contributed by atoms with Crippen LogP contribution in [-0.4, -0.2) is 50.2 Å². The van der Waals surface area contributed by atoms with Gasteiger partial charge in [-0.2, -0.15) is 6.92 Å². The van der Waals surface area contributed by atoms with Crippen molar-refractivity contribution in [3.63, 3.8) is 0 Å². The molecule has 4 radical (unpaired) electrons. The van der Waals surface area contributed by atoms with Gasteiger partial charge in [-0.15, -0.1) is 7.05 Å². The number of para-hydroxylation sites is 2. The van der Waals surface area contributed by atoms with Gasteiger partial charge in [0.05, 0.1) is 6.04 Å². The van der Waals surface area contributed by atoms with Crippen molar-refractivity contribution in [2.75, 3.05) is 14.1 Å². The fraction of sp³-hybridized carbons (Fsp3) is 0.423. The first-order valence-corrected chi connectivity index (χ1v) is 11.0. The molecule has 5 rings (SSSR count). The zero-order valence-corrected chi connectivity index (χ0v) is 22.6. The normalized spacial score (nSPS) is 25.6. The average Bonchev–Trinajstić information content (AvgIpc) is 3.34. The van der Waals surface area contributed by atoms with Gasteiger partial charge in [-0.05, 0) is 31.4 Å². The Morgan fingerprint density at radius 2 is 1.58 bits per heavy atom. The Morgan fingerprint density at radius 1 is 1.06 bits per heavy atom. The number of quaternary nitrogens is 1. The molecule has 2 bridgehead atoms. The molecule has 2 aliphatic carbocycles. The molecular weight excluding hydrogens is 490 g/mol. The van der Waals surface area contributed by atoms with E-state index in [2.05, 4.69) is 28.1 Å². The second-order valence-electron chi connectivity index (χ2n) is 9.25. The van der Waals surface area contributed by atoms with Gasteiger partial charge in [0.15, 0.2) is 0 Å². The number of rotatable bonds is 3. The van der Waals surface area contributed by atoms with Gasteiger partial charge >= 0.3 is 5.97 Å². The van der Waals surface area contributed by atoms with Gasteiger partial charge in [0.25, 0.3) is 0 Å². The number of hydrogen-bond acceptors (Lipinski definition) is 4. The summed E-state index contributed by atoms with van der Waals surface area (Å²) in [6, 6.07) is 14.6. The second kappa shape index (κ2) is 10.6. The number of fused-ring (bicyclic) bond motifs is 4. The number of carbonyl (C=O) groups excluding carboxylic acids is 1. The Bertz CT molecular complexity index is 931. The van der Waals surface area contributed by atoms with Crippen molar-refractivity contribution in [1.29, 1.82) is 0 Å². The second-order valence-corrected chi connectivity index (χ2v) is 9.25. The number of esters is 1. The van der Waals surface area contributed by atoms with Crippen LogP contribution in [0.25, 0.3) is 0 Å². The maximum absolute atomic E-state index is 13.5. The Kier molecular flexibility index (Phi) is 9.00. The smallest absolute Gasteiger partial charge is 0.348 e. The van der Waals surface area contributed by atoms with Crippen molar-refractivity contribution in [1.82, 2.24) is 0 Å². The molecule has 1 aliphatic heterocycles. The number of carbonyl (C=O) groups is 1. The molecule has 0 saturated heterocycles.